The standard InChI is InChI=1S/C18H22N2O4/c1-2-24-18(23)13-7-6-10-19(12-13)15-11-16(21)20(17(15)22)14-8-4-3-5-9-14/h3-5,8-9,13,15H,2,6-7,10-12H2,1H3/t13-,15-/m0/s1. The minimum absolute atomic E-state index is 0.170. The lowest BCUT2D eigenvalue weighted by Crippen LogP contribution is -2.48. The molecule has 2 saturated heterocycles. The van der Waals surface area contributed by atoms with Gasteiger partial charge in [0.05, 0.1) is 30.7 Å². The SMILES string of the molecule is CCOC(=O)[C@H]1CCCN([C@H]2CC(=O)N(c3ccccc3)C2=O)C1. The zero-order chi connectivity index (χ0) is 17.1. The molecule has 2 atom stereocenters. The van der Waals surface area contributed by atoms with Gasteiger partial charge in [-0.15, -0.1) is 0 Å². The number of esters is 1. The average Bonchev–Trinajstić information content (AvgIpc) is 2.90. The van der Waals surface area contributed by atoms with Crippen LogP contribution in [0, 0.1) is 5.92 Å². The lowest BCUT2D eigenvalue weighted by atomic mass is 9.96. The molecule has 0 aliphatic carbocycles. The molecule has 0 N–H and O–H groups in total. The van der Waals surface area contributed by atoms with Crippen LogP contribution in [0.1, 0.15) is 26.2 Å². The number of ether oxygens (including phenoxy) is 1. The van der Waals surface area contributed by atoms with Crippen molar-refractivity contribution in [3.63, 3.8) is 0 Å². The molecule has 0 aromatic heterocycles. The molecule has 6 nitrogen and oxygen atoms in total. The Hall–Kier alpha value is -2.21. The van der Waals surface area contributed by atoms with Crippen molar-refractivity contribution in [1.82, 2.24) is 4.90 Å². The van der Waals surface area contributed by atoms with E-state index < -0.39 is 6.04 Å². The van der Waals surface area contributed by atoms with Crippen molar-refractivity contribution in [2.75, 3.05) is 24.6 Å². The van der Waals surface area contributed by atoms with Crippen LogP contribution in [0.3, 0.4) is 0 Å². The van der Waals surface area contributed by atoms with Gasteiger partial charge in [0.25, 0.3) is 5.91 Å². The number of nitrogens with zero attached hydrogens (tertiary/aromatic N) is 2. The summed E-state index contributed by atoms with van der Waals surface area (Å²) >= 11 is 0. The lowest BCUT2D eigenvalue weighted by Gasteiger charge is -2.34. The summed E-state index contributed by atoms with van der Waals surface area (Å²) in [6, 6.07) is 8.50. The first-order valence-corrected chi connectivity index (χ1v) is 8.44. The number of anilines is 1. The first-order chi connectivity index (χ1) is 11.6. The van der Waals surface area contributed by atoms with Crippen LogP contribution in [0.25, 0.3) is 0 Å². The Balaban J connectivity index is 1.72. The summed E-state index contributed by atoms with van der Waals surface area (Å²) in [6.45, 7) is 3.35. The van der Waals surface area contributed by atoms with Gasteiger partial charge in [0.1, 0.15) is 0 Å². The molecule has 2 aliphatic heterocycles. The van der Waals surface area contributed by atoms with Gasteiger partial charge in [-0.2, -0.15) is 0 Å². The van der Waals surface area contributed by atoms with Crippen molar-refractivity contribution in [3.8, 4) is 0 Å². The van der Waals surface area contributed by atoms with Crippen LogP contribution < -0.4 is 4.90 Å². The third-order valence-corrected chi connectivity index (χ3v) is 4.65. The van der Waals surface area contributed by atoms with Crippen LogP contribution in [0.15, 0.2) is 30.3 Å². The van der Waals surface area contributed by atoms with Crippen molar-refractivity contribution >= 4 is 23.5 Å². The van der Waals surface area contributed by atoms with E-state index in [4.69, 9.17) is 4.74 Å². The average molecular weight is 330 g/mol. The van der Waals surface area contributed by atoms with E-state index in [0.29, 0.717) is 18.8 Å². The van der Waals surface area contributed by atoms with Crippen LogP contribution in [-0.2, 0) is 19.1 Å². The summed E-state index contributed by atoms with van der Waals surface area (Å²) in [7, 11) is 0. The van der Waals surface area contributed by atoms with Gasteiger partial charge < -0.3 is 4.74 Å². The molecule has 2 amide bonds. The zero-order valence-electron chi connectivity index (χ0n) is 13.8. The maximum absolute atomic E-state index is 12.8. The number of rotatable bonds is 4. The van der Waals surface area contributed by atoms with Crippen LogP contribution in [-0.4, -0.2) is 48.4 Å². The third kappa shape index (κ3) is 3.19. The fourth-order valence-electron chi connectivity index (χ4n) is 3.49. The number of hydrogen-bond donors (Lipinski definition) is 0. The summed E-state index contributed by atoms with van der Waals surface area (Å²) in [6.07, 6.45) is 1.77. The Morgan fingerprint density at radius 2 is 2.00 bits per heavy atom. The summed E-state index contributed by atoms with van der Waals surface area (Å²) in [5.41, 5.74) is 0.606. The van der Waals surface area contributed by atoms with E-state index in [1.54, 1.807) is 31.2 Å². The maximum atomic E-state index is 12.8. The largest absolute Gasteiger partial charge is 0.466 e. The molecule has 6 heteroatoms. The number of imide groups is 1. The van der Waals surface area contributed by atoms with Gasteiger partial charge >= 0.3 is 5.97 Å². The predicted molar refractivity (Wildman–Crippen MR) is 88.3 cm³/mol. The Labute approximate surface area is 141 Å². The molecule has 1 aromatic rings. The van der Waals surface area contributed by atoms with E-state index in [1.165, 1.54) is 4.90 Å². The summed E-state index contributed by atoms with van der Waals surface area (Å²) < 4.78 is 5.10. The third-order valence-electron chi connectivity index (χ3n) is 4.65. The van der Waals surface area contributed by atoms with Gasteiger partial charge in [0.2, 0.25) is 5.91 Å². The molecule has 0 bridgehead atoms. The van der Waals surface area contributed by atoms with Gasteiger partial charge in [-0.1, -0.05) is 18.2 Å². The number of likely N-dealkylation sites (tertiary alicyclic amines) is 1. The molecule has 2 aliphatic rings. The predicted octanol–water partition coefficient (Wildman–Crippen LogP) is 1.59. The molecule has 0 unspecified atom stereocenters. The molecule has 128 valence electrons. The van der Waals surface area contributed by atoms with Gasteiger partial charge in [-0.25, -0.2) is 4.90 Å². The number of para-hydroxylation sites is 1. The topological polar surface area (TPSA) is 66.9 Å². The molecule has 24 heavy (non-hydrogen) atoms. The summed E-state index contributed by atoms with van der Waals surface area (Å²) in [5, 5.41) is 0. The van der Waals surface area contributed by atoms with Crippen LogP contribution in [0.2, 0.25) is 0 Å². The second-order valence-electron chi connectivity index (χ2n) is 6.21. The Bertz CT molecular complexity index is 631. The van der Waals surface area contributed by atoms with Gasteiger partial charge in [0, 0.05) is 6.54 Å². The molecule has 2 heterocycles. The van der Waals surface area contributed by atoms with Gasteiger partial charge in [0.15, 0.2) is 0 Å². The van der Waals surface area contributed by atoms with Gasteiger partial charge in [-0.05, 0) is 38.4 Å². The number of piperidine rings is 1. The molecular formula is C18H22N2O4. The first kappa shape index (κ1) is 16.6. The first-order valence-electron chi connectivity index (χ1n) is 8.44. The molecule has 1 aromatic carbocycles. The summed E-state index contributed by atoms with van der Waals surface area (Å²) in [5.74, 6) is -0.809. The minimum Gasteiger partial charge on any atom is -0.466 e. The number of carbonyl (C=O) groups is 3. The van der Waals surface area contributed by atoms with Crippen molar-refractivity contribution in [2.24, 2.45) is 5.92 Å². The lowest BCUT2D eigenvalue weighted by molar-refractivity contribution is -0.150. The van der Waals surface area contributed by atoms with E-state index in [1.807, 2.05) is 11.0 Å². The molecule has 3 rings (SSSR count). The van der Waals surface area contributed by atoms with Crippen LogP contribution >= 0.6 is 0 Å². The van der Waals surface area contributed by atoms with E-state index in [9.17, 15) is 14.4 Å². The molecular weight excluding hydrogens is 308 g/mol. The van der Waals surface area contributed by atoms with Crippen molar-refractivity contribution in [1.29, 1.82) is 0 Å². The van der Waals surface area contributed by atoms with Gasteiger partial charge in [-0.3, -0.25) is 19.3 Å². The van der Waals surface area contributed by atoms with E-state index in [2.05, 4.69) is 0 Å². The van der Waals surface area contributed by atoms with Crippen LogP contribution in [0.4, 0.5) is 5.69 Å². The van der Waals surface area contributed by atoms with Crippen LogP contribution in [0.5, 0.6) is 0 Å². The Morgan fingerprint density at radius 1 is 1.25 bits per heavy atom. The second-order valence-corrected chi connectivity index (χ2v) is 6.21. The normalized spacial score (nSPS) is 25.1. The highest BCUT2D eigenvalue weighted by molar-refractivity contribution is 6.22. The Morgan fingerprint density at radius 3 is 2.71 bits per heavy atom. The van der Waals surface area contributed by atoms with Crippen molar-refractivity contribution in [3.05, 3.63) is 30.3 Å². The van der Waals surface area contributed by atoms with Crippen molar-refractivity contribution in [2.45, 2.75) is 32.2 Å². The quantitative estimate of drug-likeness (QED) is 0.619. The maximum Gasteiger partial charge on any atom is 0.310 e. The van der Waals surface area contributed by atoms with E-state index in [0.717, 1.165) is 19.4 Å². The highest BCUT2D eigenvalue weighted by atomic mass is 16.5. The number of carbonyl (C=O) groups excluding carboxylic acids is 3. The Kier molecular flexibility index (Phi) is 4.94. The monoisotopic (exact) mass is 330 g/mol. The number of benzene rings is 1. The zero-order valence-corrected chi connectivity index (χ0v) is 13.8. The molecule has 0 spiro atoms. The van der Waals surface area contributed by atoms with E-state index in [-0.39, 0.29) is 30.1 Å². The fraction of sp³-hybridized carbons (Fsp3) is 0.500. The molecule has 0 radical (unpaired) electrons. The van der Waals surface area contributed by atoms with Crippen molar-refractivity contribution < 1.29 is 19.1 Å². The number of amides is 2. The molecule has 2 fully saturated rings. The number of hydrogen-bond acceptors (Lipinski definition) is 5. The second kappa shape index (κ2) is 7.13. The van der Waals surface area contributed by atoms with E-state index >= 15 is 0 Å². The molecule has 0 saturated carbocycles. The smallest absolute Gasteiger partial charge is 0.310 e. The fourth-order valence-corrected chi connectivity index (χ4v) is 3.49. The minimum atomic E-state index is -0.477. The highest BCUT2D eigenvalue weighted by Gasteiger charge is 2.44. The highest BCUT2D eigenvalue weighted by Crippen LogP contribution is 2.28. The summed E-state index contributed by atoms with van der Waals surface area (Å²) in [4.78, 5) is 40.3.